The lowest BCUT2D eigenvalue weighted by atomic mass is 10.1. The van der Waals surface area contributed by atoms with E-state index in [0.29, 0.717) is 17.5 Å². The Bertz CT molecular complexity index is 410. The van der Waals surface area contributed by atoms with Crippen LogP contribution in [0.2, 0.25) is 5.02 Å². The van der Waals surface area contributed by atoms with Crippen LogP contribution in [0.25, 0.3) is 0 Å². The fourth-order valence-corrected chi connectivity index (χ4v) is 3.01. The molecule has 2 rings (SSSR count). The Morgan fingerprint density at radius 3 is 2.95 bits per heavy atom. The van der Waals surface area contributed by atoms with Crippen molar-refractivity contribution in [1.82, 2.24) is 4.90 Å². The van der Waals surface area contributed by atoms with Crippen LogP contribution in [0.4, 0.5) is 4.39 Å². The Kier molecular flexibility index (Phi) is 5.16. The lowest BCUT2D eigenvalue weighted by Crippen LogP contribution is -2.32. The number of likely N-dealkylation sites (tertiary alicyclic amines) is 1. The number of nitrogens with two attached hydrogens (primary N) is 1. The average Bonchev–Trinajstić information content (AvgIpc) is 2.78. The van der Waals surface area contributed by atoms with Gasteiger partial charge in [0.25, 0.3) is 0 Å². The van der Waals surface area contributed by atoms with Gasteiger partial charge in [-0.25, -0.2) is 4.39 Å². The maximum Gasteiger partial charge on any atom is 0.125 e. The van der Waals surface area contributed by atoms with Crippen LogP contribution in [-0.4, -0.2) is 38.3 Å². The van der Waals surface area contributed by atoms with Crippen molar-refractivity contribution in [2.75, 3.05) is 33.4 Å². The van der Waals surface area contributed by atoms with E-state index in [2.05, 4.69) is 4.90 Å². The SMILES string of the molecule is COCC1CCN(C(CN)c2cc(F)cc(Cl)c2)C1. The molecule has 1 heterocycles. The smallest absolute Gasteiger partial charge is 0.125 e. The summed E-state index contributed by atoms with van der Waals surface area (Å²) in [6.07, 6.45) is 1.09. The zero-order valence-corrected chi connectivity index (χ0v) is 11.9. The molecule has 2 unspecified atom stereocenters. The fraction of sp³-hybridized carbons (Fsp3) is 0.571. The number of methoxy groups -OCH3 is 1. The Labute approximate surface area is 118 Å². The van der Waals surface area contributed by atoms with Crippen molar-refractivity contribution in [3.8, 4) is 0 Å². The van der Waals surface area contributed by atoms with Gasteiger partial charge in [0.1, 0.15) is 5.82 Å². The fourth-order valence-electron chi connectivity index (χ4n) is 2.78. The van der Waals surface area contributed by atoms with Gasteiger partial charge in [-0.3, -0.25) is 4.90 Å². The van der Waals surface area contributed by atoms with Crippen molar-refractivity contribution in [3.05, 3.63) is 34.6 Å². The largest absolute Gasteiger partial charge is 0.384 e. The molecule has 0 aliphatic carbocycles. The summed E-state index contributed by atoms with van der Waals surface area (Å²) in [5.41, 5.74) is 6.72. The highest BCUT2D eigenvalue weighted by atomic mass is 35.5. The number of ether oxygens (including phenoxy) is 1. The molecule has 1 fully saturated rings. The third-order valence-corrected chi connectivity index (χ3v) is 3.87. The van der Waals surface area contributed by atoms with Gasteiger partial charge in [0.15, 0.2) is 0 Å². The van der Waals surface area contributed by atoms with E-state index >= 15 is 0 Å². The van der Waals surface area contributed by atoms with Crippen LogP contribution in [-0.2, 0) is 4.74 Å². The summed E-state index contributed by atoms with van der Waals surface area (Å²) in [6, 6.07) is 4.66. The number of halogens is 2. The molecule has 1 aromatic carbocycles. The molecule has 0 spiro atoms. The Balaban J connectivity index is 2.12. The maximum atomic E-state index is 13.4. The van der Waals surface area contributed by atoms with E-state index in [0.717, 1.165) is 31.7 Å². The molecule has 0 saturated carbocycles. The maximum absolute atomic E-state index is 13.4. The van der Waals surface area contributed by atoms with E-state index in [1.54, 1.807) is 13.2 Å². The minimum Gasteiger partial charge on any atom is -0.384 e. The second-order valence-electron chi connectivity index (χ2n) is 5.06. The van der Waals surface area contributed by atoms with Crippen molar-refractivity contribution < 1.29 is 9.13 Å². The van der Waals surface area contributed by atoms with Crippen LogP contribution in [0.5, 0.6) is 0 Å². The molecule has 106 valence electrons. The normalized spacial score (nSPS) is 21.8. The number of hydrogen-bond acceptors (Lipinski definition) is 3. The van der Waals surface area contributed by atoms with Gasteiger partial charge in [0.2, 0.25) is 0 Å². The summed E-state index contributed by atoms with van der Waals surface area (Å²) in [5.74, 6) is 0.219. The van der Waals surface area contributed by atoms with Crippen molar-refractivity contribution in [1.29, 1.82) is 0 Å². The summed E-state index contributed by atoms with van der Waals surface area (Å²) >= 11 is 5.92. The van der Waals surface area contributed by atoms with Crippen molar-refractivity contribution in [2.24, 2.45) is 11.7 Å². The molecule has 0 aromatic heterocycles. The molecule has 1 saturated heterocycles. The summed E-state index contributed by atoms with van der Waals surface area (Å²) in [7, 11) is 1.72. The van der Waals surface area contributed by atoms with Crippen LogP contribution >= 0.6 is 11.6 Å². The lowest BCUT2D eigenvalue weighted by molar-refractivity contribution is 0.147. The molecule has 3 nitrogen and oxygen atoms in total. The van der Waals surface area contributed by atoms with Gasteiger partial charge in [-0.15, -0.1) is 0 Å². The average molecular weight is 287 g/mol. The van der Waals surface area contributed by atoms with Crippen molar-refractivity contribution in [2.45, 2.75) is 12.5 Å². The summed E-state index contributed by atoms with van der Waals surface area (Å²) < 4.78 is 18.6. The third-order valence-electron chi connectivity index (χ3n) is 3.65. The highest BCUT2D eigenvalue weighted by molar-refractivity contribution is 6.30. The first kappa shape index (κ1) is 14.7. The zero-order chi connectivity index (χ0) is 13.8. The molecule has 0 bridgehead atoms. The Hall–Kier alpha value is -0.680. The number of nitrogens with zero attached hydrogens (tertiary/aromatic N) is 1. The van der Waals surface area contributed by atoms with Gasteiger partial charge < -0.3 is 10.5 Å². The standard InChI is InChI=1S/C14H20ClFN2O/c1-19-9-10-2-3-18(8-10)14(7-17)11-4-12(15)6-13(16)5-11/h4-6,10,14H,2-3,7-9,17H2,1H3. The Morgan fingerprint density at radius 2 is 2.32 bits per heavy atom. The molecular weight excluding hydrogens is 267 g/mol. The monoisotopic (exact) mass is 286 g/mol. The third kappa shape index (κ3) is 3.66. The van der Waals surface area contributed by atoms with E-state index in [4.69, 9.17) is 22.1 Å². The van der Waals surface area contributed by atoms with Gasteiger partial charge in [0.05, 0.1) is 6.61 Å². The molecule has 0 amide bonds. The topological polar surface area (TPSA) is 38.5 Å². The van der Waals surface area contributed by atoms with Crippen LogP contribution < -0.4 is 5.73 Å². The number of benzene rings is 1. The summed E-state index contributed by atoms with van der Waals surface area (Å²) in [4.78, 5) is 2.29. The van der Waals surface area contributed by atoms with E-state index in [9.17, 15) is 4.39 Å². The minimum atomic E-state index is -0.311. The molecule has 5 heteroatoms. The molecule has 19 heavy (non-hydrogen) atoms. The lowest BCUT2D eigenvalue weighted by Gasteiger charge is -2.27. The molecule has 0 radical (unpaired) electrons. The van der Waals surface area contributed by atoms with Gasteiger partial charge in [-0.1, -0.05) is 11.6 Å². The second kappa shape index (κ2) is 6.66. The van der Waals surface area contributed by atoms with Crippen LogP contribution in [0.15, 0.2) is 18.2 Å². The quantitative estimate of drug-likeness (QED) is 0.904. The molecule has 2 atom stereocenters. The van der Waals surface area contributed by atoms with E-state index in [-0.39, 0.29) is 11.9 Å². The highest BCUT2D eigenvalue weighted by Gasteiger charge is 2.28. The van der Waals surface area contributed by atoms with Gasteiger partial charge in [-0.05, 0) is 42.6 Å². The number of rotatable bonds is 5. The summed E-state index contributed by atoms with van der Waals surface area (Å²) in [5, 5.41) is 0.418. The minimum absolute atomic E-state index is 0.0232. The predicted octanol–water partition coefficient (Wildman–Crippen LogP) is 2.45. The first-order valence-corrected chi connectivity index (χ1v) is 6.91. The van der Waals surface area contributed by atoms with E-state index in [1.807, 2.05) is 0 Å². The van der Waals surface area contributed by atoms with Crippen LogP contribution in [0, 0.1) is 11.7 Å². The molecule has 1 aliphatic rings. The summed E-state index contributed by atoms with van der Waals surface area (Å²) in [6.45, 7) is 3.12. The first-order valence-electron chi connectivity index (χ1n) is 6.53. The van der Waals surface area contributed by atoms with Gasteiger partial charge in [0, 0.05) is 31.3 Å². The molecule has 1 aliphatic heterocycles. The Morgan fingerprint density at radius 1 is 1.53 bits per heavy atom. The van der Waals surface area contributed by atoms with Gasteiger partial charge >= 0.3 is 0 Å². The molecule has 1 aromatic rings. The van der Waals surface area contributed by atoms with Crippen LogP contribution in [0.3, 0.4) is 0 Å². The van der Waals surface area contributed by atoms with Gasteiger partial charge in [-0.2, -0.15) is 0 Å². The molecular formula is C14H20ClFN2O. The van der Waals surface area contributed by atoms with E-state index < -0.39 is 0 Å². The second-order valence-corrected chi connectivity index (χ2v) is 5.50. The van der Waals surface area contributed by atoms with E-state index in [1.165, 1.54) is 12.1 Å². The predicted molar refractivity (Wildman–Crippen MR) is 74.8 cm³/mol. The first-order chi connectivity index (χ1) is 9.13. The van der Waals surface area contributed by atoms with Crippen LogP contribution in [0.1, 0.15) is 18.0 Å². The van der Waals surface area contributed by atoms with Crippen molar-refractivity contribution >= 4 is 11.6 Å². The number of hydrogen-bond donors (Lipinski definition) is 1. The molecule has 2 N–H and O–H groups in total. The zero-order valence-electron chi connectivity index (χ0n) is 11.1. The van der Waals surface area contributed by atoms with Crippen molar-refractivity contribution in [3.63, 3.8) is 0 Å². The highest BCUT2D eigenvalue weighted by Crippen LogP contribution is 2.29.